The van der Waals surface area contributed by atoms with Crippen molar-refractivity contribution in [1.82, 2.24) is 24.8 Å². The van der Waals surface area contributed by atoms with Crippen molar-refractivity contribution < 1.29 is 14.1 Å². The molecule has 0 spiro atoms. The molecule has 8 nitrogen and oxygen atoms in total. The van der Waals surface area contributed by atoms with Crippen molar-refractivity contribution >= 4 is 5.91 Å². The molecule has 2 aromatic rings. The Bertz CT molecular complexity index is 696. The number of rotatable bonds is 7. The van der Waals surface area contributed by atoms with Crippen LogP contribution < -0.4 is 0 Å². The van der Waals surface area contributed by atoms with Crippen LogP contribution in [0.5, 0.6) is 0 Å². The molecule has 8 heteroatoms. The van der Waals surface area contributed by atoms with Crippen molar-refractivity contribution in [3.05, 3.63) is 29.7 Å². The minimum Gasteiger partial charge on any atom is -0.384 e. The fourth-order valence-corrected chi connectivity index (χ4v) is 3.21. The number of aromatic nitrogens is 4. The third-order valence-corrected chi connectivity index (χ3v) is 4.64. The Morgan fingerprint density at radius 2 is 2.28 bits per heavy atom. The molecule has 0 saturated carbocycles. The van der Waals surface area contributed by atoms with Crippen LogP contribution >= 0.6 is 0 Å². The Balaban J connectivity index is 1.64. The van der Waals surface area contributed by atoms with E-state index in [-0.39, 0.29) is 11.9 Å². The van der Waals surface area contributed by atoms with Gasteiger partial charge in [-0.3, -0.25) is 9.48 Å². The maximum atomic E-state index is 12.8. The van der Waals surface area contributed by atoms with Gasteiger partial charge in [-0.15, -0.1) is 0 Å². The summed E-state index contributed by atoms with van der Waals surface area (Å²) in [5, 5.41) is 8.15. The summed E-state index contributed by atoms with van der Waals surface area (Å²) in [6, 6.07) is 1.83. The fraction of sp³-hybridized carbons (Fsp3) is 0.647. The van der Waals surface area contributed by atoms with Crippen LogP contribution in [0.4, 0.5) is 0 Å². The summed E-state index contributed by atoms with van der Waals surface area (Å²) < 4.78 is 12.3. The molecule has 0 bridgehead atoms. The molecule has 1 aliphatic rings. The van der Waals surface area contributed by atoms with E-state index in [0.717, 1.165) is 31.5 Å². The summed E-state index contributed by atoms with van der Waals surface area (Å²) in [4.78, 5) is 19.1. The molecule has 1 atom stereocenters. The number of carbonyl (C=O) groups excluding carboxylic acids is 1. The van der Waals surface area contributed by atoms with Gasteiger partial charge in [0.25, 0.3) is 0 Å². The number of aryl methyl sites for hydroxylation is 2. The van der Waals surface area contributed by atoms with E-state index >= 15 is 0 Å². The number of piperidine rings is 1. The molecule has 0 N–H and O–H groups in total. The summed E-state index contributed by atoms with van der Waals surface area (Å²) in [6.07, 6.45) is 6.45. The quantitative estimate of drug-likeness (QED) is 0.757. The molecule has 1 saturated heterocycles. The van der Waals surface area contributed by atoms with Crippen LogP contribution in [0.2, 0.25) is 0 Å². The van der Waals surface area contributed by atoms with E-state index in [1.807, 2.05) is 18.0 Å². The van der Waals surface area contributed by atoms with Crippen molar-refractivity contribution in [1.29, 1.82) is 0 Å². The molecule has 136 valence electrons. The highest BCUT2D eigenvalue weighted by Gasteiger charge is 2.31. The largest absolute Gasteiger partial charge is 0.384 e. The third-order valence-electron chi connectivity index (χ3n) is 4.64. The van der Waals surface area contributed by atoms with Crippen LogP contribution in [0.25, 0.3) is 0 Å². The summed E-state index contributed by atoms with van der Waals surface area (Å²) in [5.74, 6) is 1.30. The van der Waals surface area contributed by atoms with Crippen LogP contribution in [0.1, 0.15) is 49.1 Å². The minimum atomic E-state index is -0.114. The van der Waals surface area contributed by atoms with E-state index in [0.29, 0.717) is 37.6 Å². The number of nitrogens with zero attached hydrogens (tertiary/aromatic N) is 5. The van der Waals surface area contributed by atoms with Crippen LogP contribution in [-0.4, -0.2) is 51.0 Å². The van der Waals surface area contributed by atoms with Crippen molar-refractivity contribution in [2.24, 2.45) is 7.05 Å². The molecule has 1 amide bonds. The summed E-state index contributed by atoms with van der Waals surface area (Å²) >= 11 is 0. The molecular formula is C17H25N5O3. The second kappa shape index (κ2) is 8.24. The molecule has 0 aliphatic carbocycles. The van der Waals surface area contributed by atoms with Gasteiger partial charge in [-0.25, -0.2) is 0 Å². The van der Waals surface area contributed by atoms with Crippen LogP contribution in [-0.2, 0) is 29.4 Å². The Hall–Kier alpha value is -2.22. The molecule has 25 heavy (non-hydrogen) atoms. The number of amides is 1. The number of likely N-dealkylation sites (tertiary alicyclic amines) is 1. The SMILES string of the molecule is COCCc1noc(C2CCCCN2C(=O)CCc2ccnn2C)n1. The third kappa shape index (κ3) is 4.25. The molecule has 3 heterocycles. The van der Waals surface area contributed by atoms with E-state index < -0.39 is 0 Å². The molecule has 3 rings (SSSR count). The summed E-state index contributed by atoms with van der Waals surface area (Å²) in [6.45, 7) is 1.29. The summed E-state index contributed by atoms with van der Waals surface area (Å²) in [7, 11) is 3.54. The molecular weight excluding hydrogens is 322 g/mol. The predicted molar refractivity (Wildman–Crippen MR) is 89.7 cm³/mol. The first-order valence-electron chi connectivity index (χ1n) is 8.77. The molecule has 1 unspecified atom stereocenters. The second-order valence-electron chi connectivity index (χ2n) is 6.34. The fourth-order valence-electron chi connectivity index (χ4n) is 3.21. The lowest BCUT2D eigenvalue weighted by atomic mass is 10.0. The number of hydrogen-bond donors (Lipinski definition) is 0. The highest BCUT2D eigenvalue weighted by Crippen LogP contribution is 2.30. The van der Waals surface area contributed by atoms with Crippen molar-refractivity contribution in [2.75, 3.05) is 20.3 Å². The number of methoxy groups -OCH3 is 1. The topological polar surface area (TPSA) is 86.3 Å². The smallest absolute Gasteiger partial charge is 0.249 e. The minimum absolute atomic E-state index is 0.114. The first-order valence-corrected chi connectivity index (χ1v) is 8.77. The van der Waals surface area contributed by atoms with Gasteiger partial charge in [0, 0.05) is 45.4 Å². The molecule has 1 fully saturated rings. The lowest BCUT2D eigenvalue weighted by molar-refractivity contribution is -0.135. The Morgan fingerprint density at radius 1 is 1.40 bits per heavy atom. The first-order chi connectivity index (χ1) is 12.2. The molecule has 0 aromatic carbocycles. The van der Waals surface area contributed by atoms with Gasteiger partial charge >= 0.3 is 0 Å². The monoisotopic (exact) mass is 347 g/mol. The van der Waals surface area contributed by atoms with Gasteiger partial charge in [0.2, 0.25) is 11.8 Å². The highest BCUT2D eigenvalue weighted by atomic mass is 16.5. The van der Waals surface area contributed by atoms with E-state index in [1.165, 1.54) is 0 Å². The molecule has 0 radical (unpaired) electrons. The van der Waals surface area contributed by atoms with Crippen molar-refractivity contribution in [3.8, 4) is 0 Å². The van der Waals surface area contributed by atoms with E-state index in [9.17, 15) is 4.79 Å². The van der Waals surface area contributed by atoms with Crippen LogP contribution in [0, 0.1) is 0 Å². The number of ether oxygens (including phenoxy) is 1. The van der Waals surface area contributed by atoms with Crippen LogP contribution in [0.15, 0.2) is 16.8 Å². The van der Waals surface area contributed by atoms with Gasteiger partial charge in [0.05, 0.1) is 6.61 Å². The van der Waals surface area contributed by atoms with Gasteiger partial charge in [-0.2, -0.15) is 10.1 Å². The van der Waals surface area contributed by atoms with Gasteiger partial charge < -0.3 is 14.2 Å². The normalized spacial score (nSPS) is 17.8. The summed E-state index contributed by atoms with van der Waals surface area (Å²) in [5.41, 5.74) is 1.06. The standard InChI is InChI=1S/C17H25N5O3/c1-21-13(8-10-18-21)6-7-16(23)22-11-4-3-5-14(22)17-19-15(20-25-17)9-12-24-2/h8,10,14H,3-7,9,11-12H2,1-2H3. The van der Waals surface area contributed by atoms with Crippen LogP contribution in [0.3, 0.4) is 0 Å². The maximum absolute atomic E-state index is 12.8. The predicted octanol–water partition coefficient (Wildman–Crippen LogP) is 1.68. The average molecular weight is 347 g/mol. The van der Waals surface area contributed by atoms with E-state index in [2.05, 4.69) is 15.2 Å². The zero-order valence-electron chi connectivity index (χ0n) is 14.8. The number of hydrogen-bond acceptors (Lipinski definition) is 6. The lowest BCUT2D eigenvalue weighted by Gasteiger charge is -2.33. The molecule has 1 aliphatic heterocycles. The average Bonchev–Trinajstić information content (AvgIpc) is 3.27. The first kappa shape index (κ1) is 17.6. The highest BCUT2D eigenvalue weighted by molar-refractivity contribution is 5.77. The van der Waals surface area contributed by atoms with Gasteiger partial charge in [0.1, 0.15) is 6.04 Å². The Morgan fingerprint density at radius 3 is 3.04 bits per heavy atom. The number of carbonyl (C=O) groups is 1. The molecule has 2 aromatic heterocycles. The Kier molecular flexibility index (Phi) is 5.80. The Labute approximate surface area is 147 Å². The zero-order valence-corrected chi connectivity index (χ0v) is 14.8. The van der Waals surface area contributed by atoms with Gasteiger partial charge in [0.15, 0.2) is 5.82 Å². The zero-order chi connectivity index (χ0) is 17.6. The van der Waals surface area contributed by atoms with Gasteiger partial charge in [-0.05, 0) is 31.7 Å². The van der Waals surface area contributed by atoms with Crippen molar-refractivity contribution in [2.45, 2.75) is 44.6 Å². The van der Waals surface area contributed by atoms with E-state index in [4.69, 9.17) is 9.26 Å². The van der Waals surface area contributed by atoms with Gasteiger partial charge in [-0.1, -0.05) is 5.16 Å². The second-order valence-corrected chi connectivity index (χ2v) is 6.34. The van der Waals surface area contributed by atoms with Crippen molar-refractivity contribution in [3.63, 3.8) is 0 Å². The maximum Gasteiger partial charge on any atom is 0.249 e. The van der Waals surface area contributed by atoms with E-state index in [1.54, 1.807) is 18.0 Å². The lowest BCUT2D eigenvalue weighted by Crippen LogP contribution is -2.38.